The molecule has 1 saturated carbocycles. The fourth-order valence-electron chi connectivity index (χ4n) is 2.12. The van der Waals surface area contributed by atoms with Gasteiger partial charge in [0.15, 0.2) is 0 Å². The van der Waals surface area contributed by atoms with Gasteiger partial charge in [0.2, 0.25) is 5.91 Å². The average molecular weight is 264 g/mol. The molecular formula is C13H16N2O4. The second kappa shape index (κ2) is 5.26. The molecule has 19 heavy (non-hydrogen) atoms. The summed E-state index contributed by atoms with van der Waals surface area (Å²) in [4.78, 5) is 36.6. The Balaban J connectivity index is 2.25. The Kier molecular flexibility index (Phi) is 3.69. The zero-order valence-corrected chi connectivity index (χ0v) is 10.7. The van der Waals surface area contributed by atoms with Crippen LogP contribution in [0, 0.1) is 0 Å². The molecule has 1 aliphatic rings. The fraction of sp³-hybridized carbons (Fsp3) is 0.462. The molecule has 0 unspecified atom stereocenters. The third kappa shape index (κ3) is 2.83. The van der Waals surface area contributed by atoms with Gasteiger partial charge in [-0.15, -0.1) is 0 Å². The van der Waals surface area contributed by atoms with E-state index < -0.39 is 11.5 Å². The van der Waals surface area contributed by atoms with Crippen LogP contribution in [0.3, 0.4) is 0 Å². The first kappa shape index (κ1) is 13.3. The standard InChI is InChI=1S/C13H16N2O4/c1-2-14(9-6-7-9)12(17)8-15-10(13(18)19)4-3-5-11(15)16/h3-5,9H,2,6-8H2,1H3,(H,18,19). The molecule has 6 heteroatoms. The molecule has 0 aromatic carbocycles. The largest absolute Gasteiger partial charge is 0.477 e. The maximum Gasteiger partial charge on any atom is 0.352 e. The Hall–Kier alpha value is -2.11. The highest BCUT2D eigenvalue weighted by molar-refractivity contribution is 5.86. The smallest absolute Gasteiger partial charge is 0.352 e. The van der Waals surface area contributed by atoms with E-state index in [0.29, 0.717) is 6.54 Å². The minimum atomic E-state index is -1.21. The number of aromatic carboxylic acids is 1. The zero-order chi connectivity index (χ0) is 14.0. The zero-order valence-electron chi connectivity index (χ0n) is 10.7. The number of likely N-dealkylation sites (N-methyl/N-ethyl adjacent to an activating group) is 1. The molecule has 102 valence electrons. The Labute approximate surface area is 110 Å². The maximum atomic E-state index is 12.1. The molecule has 0 atom stereocenters. The molecule has 0 saturated heterocycles. The number of amides is 1. The average Bonchev–Trinajstić information content (AvgIpc) is 3.17. The van der Waals surface area contributed by atoms with Crippen molar-refractivity contribution in [1.29, 1.82) is 0 Å². The molecule has 0 bridgehead atoms. The van der Waals surface area contributed by atoms with Gasteiger partial charge in [-0.05, 0) is 25.8 Å². The maximum absolute atomic E-state index is 12.1. The molecular weight excluding hydrogens is 248 g/mol. The van der Waals surface area contributed by atoms with Gasteiger partial charge < -0.3 is 10.0 Å². The number of carboxylic acid groups (broad SMARTS) is 1. The van der Waals surface area contributed by atoms with Crippen LogP contribution in [0.5, 0.6) is 0 Å². The highest BCUT2D eigenvalue weighted by Crippen LogP contribution is 2.26. The van der Waals surface area contributed by atoms with Gasteiger partial charge in [-0.25, -0.2) is 4.79 Å². The van der Waals surface area contributed by atoms with Crippen molar-refractivity contribution >= 4 is 11.9 Å². The third-order valence-corrected chi connectivity index (χ3v) is 3.21. The molecule has 1 amide bonds. The number of hydrogen-bond acceptors (Lipinski definition) is 3. The lowest BCUT2D eigenvalue weighted by molar-refractivity contribution is -0.132. The monoisotopic (exact) mass is 264 g/mol. The summed E-state index contributed by atoms with van der Waals surface area (Å²) in [7, 11) is 0. The number of carbonyl (C=O) groups excluding carboxylic acids is 1. The summed E-state index contributed by atoms with van der Waals surface area (Å²) in [5, 5.41) is 9.04. The van der Waals surface area contributed by atoms with E-state index in [9.17, 15) is 14.4 Å². The number of carboxylic acids is 1. The van der Waals surface area contributed by atoms with Crippen molar-refractivity contribution < 1.29 is 14.7 Å². The summed E-state index contributed by atoms with van der Waals surface area (Å²) >= 11 is 0. The van der Waals surface area contributed by atoms with Crippen molar-refractivity contribution in [2.75, 3.05) is 6.54 Å². The van der Waals surface area contributed by atoms with Gasteiger partial charge in [-0.3, -0.25) is 14.2 Å². The van der Waals surface area contributed by atoms with Crippen LogP contribution in [0.1, 0.15) is 30.3 Å². The summed E-state index contributed by atoms with van der Waals surface area (Å²) in [5.74, 6) is -1.42. The van der Waals surface area contributed by atoms with Gasteiger partial charge in [-0.1, -0.05) is 6.07 Å². The van der Waals surface area contributed by atoms with Crippen LogP contribution in [0.2, 0.25) is 0 Å². The lowest BCUT2D eigenvalue weighted by Gasteiger charge is -2.21. The topological polar surface area (TPSA) is 79.6 Å². The van der Waals surface area contributed by atoms with Crippen molar-refractivity contribution in [2.24, 2.45) is 0 Å². The predicted octanol–water partition coefficient (Wildman–Crippen LogP) is 0.557. The Morgan fingerprint density at radius 2 is 2.11 bits per heavy atom. The van der Waals surface area contributed by atoms with Crippen LogP contribution in [0.25, 0.3) is 0 Å². The molecule has 1 N–H and O–H groups in total. The van der Waals surface area contributed by atoms with Gasteiger partial charge in [-0.2, -0.15) is 0 Å². The third-order valence-electron chi connectivity index (χ3n) is 3.21. The Bertz CT molecular complexity index is 560. The molecule has 0 aliphatic heterocycles. The van der Waals surface area contributed by atoms with Crippen LogP contribution in [0.15, 0.2) is 23.0 Å². The lowest BCUT2D eigenvalue weighted by atomic mass is 10.3. The first-order valence-electron chi connectivity index (χ1n) is 6.27. The van der Waals surface area contributed by atoms with Gasteiger partial charge >= 0.3 is 5.97 Å². The molecule has 1 fully saturated rings. The Morgan fingerprint density at radius 1 is 1.42 bits per heavy atom. The first-order chi connectivity index (χ1) is 9.04. The summed E-state index contributed by atoms with van der Waals surface area (Å²) < 4.78 is 1.01. The summed E-state index contributed by atoms with van der Waals surface area (Å²) in [5.41, 5.74) is -0.632. The van der Waals surface area contributed by atoms with Crippen LogP contribution in [-0.2, 0) is 11.3 Å². The van der Waals surface area contributed by atoms with E-state index in [2.05, 4.69) is 0 Å². The minimum Gasteiger partial charge on any atom is -0.477 e. The molecule has 1 aromatic rings. The van der Waals surface area contributed by atoms with Gasteiger partial charge in [0.05, 0.1) is 0 Å². The molecule has 0 radical (unpaired) electrons. The van der Waals surface area contributed by atoms with Crippen LogP contribution < -0.4 is 5.56 Å². The van der Waals surface area contributed by atoms with Crippen molar-refractivity contribution in [2.45, 2.75) is 32.4 Å². The quantitative estimate of drug-likeness (QED) is 0.842. The van der Waals surface area contributed by atoms with Crippen molar-refractivity contribution in [3.63, 3.8) is 0 Å². The molecule has 0 spiro atoms. The number of hydrogen-bond donors (Lipinski definition) is 1. The molecule has 1 aliphatic carbocycles. The van der Waals surface area contributed by atoms with Crippen LogP contribution in [0.4, 0.5) is 0 Å². The second-order valence-electron chi connectivity index (χ2n) is 4.55. The van der Waals surface area contributed by atoms with Crippen LogP contribution in [-0.4, -0.2) is 39.0 Å². The minimum absolute atomic E-state index is 0.160. The summed E-state index contributed by atoms with van der Waals surface area (Å²) in [6, 6.07) is 4.22. The second-order valence-corrected chi connectivity index (χ2v) is 4.55. The van der Waals surface area contributed by atoms with Crippen LogP contribution >= 0.6 is 0 Å². The summed E-state index contributed by atoms with van der Waals surface area (Å²) in [6.45, 7) is 2.24. The SMILES string of the molecule is CCN(C(=O)Cn1c(C(=O)O)cccc1=O)C1CC1. The first-order valence-corrected chi connectivity index (χ1v) is 6.27. The molecule has 1 heterocycles. The Morgan fingerprint density at radius 3 is 2.63 bits per heavy atom. The van der Waals surface area contributed by atoms with E-state index in [1.165, 1.54) is 18.2 Å². The number of aromatic nitrogens is 1. The predicted molar refractivity (Wildman–Crippen MR) is 68.1 cm³/mol. The normalized spacial score (nSPS) is 14.2. The van der Waals surface area contributed by atoms with E-state index in [4.69, 9.17) is 5.11 Å². The lowest BCUT2D eigenvalue weighted by Crippen LogP contribution is -2.39. The van der Waals surface area contributed by atoms with Crippen molar-refractivity contribution in [3.8, 4) is 0 Å². The van der Waals surface area contributed by atoms with E-state index in [1.54, 1.807) is 4.90 Å². The van der Waals surface area contributed by atoms with E-state index in [1.807, 2.05) is 6.92 Å². The van der Waals surface area contributed by atoms with Gasteiger partial charge in [0, 0.05) is 18.7 Å². The number of nitrogens with zero attached hydrogens (tertiary/aromatic N) is 2. The van der Waals surface area contributed by atoms with Gasteiger partial charge in [0.1, 0.15) is 12.2 Å². The van der Waals surface area contributed by atoms with Gasteiger partial charge in [0.25, 0.3) is 5.56 Å². The highest BCUT2D eigenvalue weighted by Gasteiger charge is 2.31. The number of carbonyl (C=O) groups is 2. The number of rotatable bonds is 5. The number of pyridine rings is 1. The van der Waals surface area contributed by atoms with E-state index in [0.717, 1.165) is 17.4 Å². The van der Waals surface area contributed by atoms with E-state index in [-0.39, 0.29) is 24.2 Å². The highest BCUT2D eigenvalue weighted by atomic mass is 16.4. The van der Waals surface area contributed by atoms with Crippen molar-refractivity contribution in [3.05, 3.63) is 34.2 Å². The van der Waals surface area contributed by atoms with E-state index >= 15 is 0 Å². The summed E-state index contributed by atoms with van der Waals surface area (Å²) in [6.07, 6.45) is 1.96. The van der Waals surface area contributed by atoms with Crippen molar-refractivity contribution in [1.82, 2.24) is 9.47 Å². The molecule has 6 nitrogen and oxygen atoms in total. The molecule has 1 aromatic heterocycles. The molecule has 2 rings (SSSR count). The fourth-order valence-corrected chi connectivity index (χ4v) is 2.12.